The Morgan fingerprint density at radius 3 is 2.81 bits per heavy atom. The quantitative estimate of drug-likeness (QED) is 0.616. The minimum atomic E-state index is 0.0244. The van der Waals surface area contributed by atoms with Crippen LogP contribution in [0, 0.1) is 6.92 Å². The number of carbonyl (C=O) groups excluding carboxylic acids is 1. The average Bonchev–Trinajstić information content (AvgIpc) is 3.52. The number of aryl methyl sites for hydroxylation is 1. The molecule has 8 heteroatoms. The van der Waals surface area contributed by atoms with Crippen LogP contribution in [0.3, 0.4) is 0 Å². The molecule has 5 rings (SSSR count). The van der Waals surface area contributed by atoms with Crippen LogP contribution in [0.5, 0.6) is 0 Å². The first-order chi connectivity index (χ1) is 15.1. The lowest BCUT2D eigenvalue weighted by Crippen LogP contribution is -2.59. The van der Waals surface area contributed by atoms with E-state index in [1.165, 1.54) is 16.9 Å². The zero-order valence-electron chi connectivity index (χ0n) is 17.8. The van der Waals surface area contributed by atoms with E-state index in [1.54, 1.807) is 0 Å². The van der Waals surface area contributed by atoms with Crippen LogP contribution in [0.15, 0.2) is 36.4 Å². The number of thiophene rings is 1. The summed E-state index contributed by atoms with van der Waals surface area (Å²) in [6.07, 6.45) is 1.12. The number of carbonyl (C=O) groups is 1. The molecule has 2 saturated heterocycles. The van der Waals surface area contributed by atoms with Crippen molar-refractivity contribution in [2.24, 2.45) is 0 Å². The Morgan fingerprint density at radius 1 is 1.26 bits per heavy atom. The van der Waals surface area contributed by atoms with Gasteiger partial charge in [-0.2, -0.15) is 16.9 Å². The zero-order chi connectivity index (χ0) is 21.3. The lowest BCUT2D eigenvalue weighted by atomic mass is 9.95. The number of hydrogen-bond donors (Lipinski definition) is 1. The van der Waals surface area contributed by atoms with E-state index in [0.29, 0.717) is 13.1 Å². The predicted molar refractivity (Wildman–Crippen MR) is 127 cm³/mol. The summed E-state index contributed by atoms with van der Waals surface area (Å²) in [5, 5.41) is 9.04. The van der Waals surface area contributed by atoms with Crippen molar-refractivity contribution < 1.29 is 9.53 Å². The number of hydrogen-bond acceptors (Lipinski definition) is 6. The van der Waals surface area contributed by atoms with Crippen LogP contribution in [0.2, 0.25) is 0 Å². The van der Waals surface area contributed by atoms with Crippen LogP contribution in [0.25, 0.3) is 10.2 Å². The molecular weight excluding hydrogens is 428 g/mol. The molecule has 164 valence electrons. The summed E-state index contributed by atoms with van der Waals surface area (Å²) in [4.78, 5) is 17.5. The molecule has 6 nitrogen and oxygen atoms in total. The Bertz CT molecular complexity index is 1050. The second kappa shape index (κ2) is 8.94. The summed E-state index contributed by atoms with van der Waals surface area (Å²) in [5.41, 5.74) is 2.23. The summed E-state index contributed by atoms with van der Waals surface area (Å²) in [6, 6.07) is 12.3. The maximum Gasteiger partial charge on any atom is 0.261 e. The second-order valence-electron chi connectivity index (χ2n) is 8.37. The minimum absolute atomic E-state index is 0.0244. The van der Waals surface area contributed by atoms with Crippen molar-refractivity contribution in [2.45, 2.75) is 25.4 Å². The van der Waals surface area contributed by atoms with Crippen LogP contribution >= 0.6 is 23.1 Å². The van der Waals surface area contributed by atoms with E-state index in [2.05, 4.69) is 22.3 Å². The van der Waals surface area contributed by atoms with Gasteiger partial charge in [0.2, 0.25) is 0 Å². The normalized spacial score (nSPS) is 22.2. The third-order valence-corrected chi connectivity index (χ3v) is 8.73. The molecule has 1 amide bonds. The first kappa shape index (κ1) is 21.0. The molecule has 1 aromatic carbocycles. The van der Waals surface area contributed by atoms with E-state index in [0.717, 1.165) is 65.0 Å². The Kier molecular flexibility index (Phi) is 6.05. The molecule has 1 atom stereocenters. The van der Waals surface area contributed by atoms with Gasteiger partial charge in [0.15, 0.2) is 0 Å². The summed E-state index contributed by atoms with van der Waals surface area (Å²) in [7, 11) is 0. The Labute approximate surface area is 190 Å². The van der Waals surface area contributed by atoms with E-state index in [9.17, 15) is 4.79 Å². The zero-order valence-corrected chi connectivity index (χ0v) is 19.4. The Hall–Kier alpha value is -1.87. The summed E-state index contributed by atoms with van der Waals surface area (Å²) >= 11 is 3.53. The third kappa shape index (κ3) is 4.26. The van der Waals surface area contributed by atoms with Gasteiger partial charge in [0, 0.05) is 36.3 Å². The fourth-order valence-corrected chi connectivity index (χ4v) is 7.11. The van der Waals surface area contributed by atoms with Gasteiger partial charge in [-0.1, -0.05) is 30.3 Å². The van der Waals surface area contributed by atoms with Gasteiger partial charge in [0.25, 0.3) is 5.91 Å². The third-order valence-electron chi connectivity index (χ3n) is 6.35. The highest BCUT2D eigenvalue weighted by Gasteiger charge is 2.41. The number of amides is 1. The van der Waals surface area contributed by atoms with Crippen molar-refractivity contribution in [3.8, 4) is 0 Å². The molecule has 4 heterocycles. The number of rotatable bonds is 6. The summed E-state index contributed by atoms with van der Waals surface area (Å²) in [5.74, 6) is 2.26. The van der Waals surface area contributed by atoms with Crippen LogP contribution < -0.4 is 5.32 Å². The largest absolute Gasteiger partial charge is 0.379 e. The molecule has 2 fully saturated rings. The lowest BCUT2D eigenvalue weighted by molar-refractivity contribution is -0.0129. The molecule has 0 saturated carbocycles. The average molecular weight is 457 g/mol. The fraction of sp³-hybridized carbons (Fsp3) is 0.478. The van der Waals surface area contributed by atoms with Crippen molar-refractivity contribution in [2.75, 3.05) is 44.4 Å². The van der Waals surface area contributed by atoms with Crippen molar-refractivity contribution >= 4 is 39.2 Å². The maximum atomic E-state index is 13.1. The van der Waals surface area contributed by atoms with Gasteiger partial charge in [0.05, 0.1) is 30.3 Å². The van der Waals surface area contributed by atoms with Crippen LogP contribution in [-0.4, -0.2) is 70.5 Å². The molecule has 2 aromatic heterocycles. The molecular formula is C23H28N4O2S2. The van der Waals surface area contributed by atoms with Gasteiger partial charge in [0.1, 0.15) is 4.83 Å². The number of aromatic nitrogens is 2. The molecule has 0 bridgehead atoms. The van der Waals surface area contributed by atoms with E-state index in [4.69, 9.17) is 9.84 Å². The number of ether oxygens (including phenoxy) is 1. The molecule has 2 aliphatic heterocycles. The number of benzene rings is 1. The molecule has 3 aromatic rings. The topological polar surface area (TPSA) is 59.4 Å². The fourth-order valence-electron chi connectivity index (χ4n) is 4.55. The highest BCUT2D eigenvalue weighted by molar-refractivity contribution is 7.99. The number of nitrogens with zero attached hydrogens (tertiary/aromatic N) is 3. The van der Waals surface area contributed by atoms with Crippen LogP contribution in [0.4, 0.5) is 0 Å². The number of morpholine rings is 1. The van der Waals surface area contributed by atoms with Gasteiger partial charge in [-0.3, -0.25) is 14.4 Å². The minimum Gasteiger partial charge on any atom is -0.379 e. The van der Waals surface area contributed by atoms with Crippen LogP contribution in [-0.2, 0) is 11.3 Å². The number of nitrogens with one attached hydrogen (secondary N) is 1. The predicted octanol–water partition coefficient (Wildman–Crippen LogP) is 3.39. The number of fused-ring (bicyclic) bond motifs is 1. The summed E-state index contributed by atoms with van der Waals surface area (Å²) in [6.45, 7) is 6.90. The highest BCUT2D eigenvalue weighted by Crippen LogP contribution is 2.34. The molecule has 1 N–H and O–H groups in total. The standard InChI is InChI=1S/C23H28N4O2S2/c1-17-19-13-20(31-22(19)27(25-17)14-18-5-3-2-4-6-18)21(28)24-15-23(7-12-30-16-23)26-8-10-29-11-9-26/h2-6,13H,7-12,14-16H2,1H3,(H,24,28). The lowest BCUT2D eigenvalue weighted by Gasteiger charge is -2.43. The molecule has 31 heavy (non-hydrogen) atoms. The smallest absolute Gasteiger partial charge is 0.261 e. The number of thioether (sulfide) groups is 1. The van der Waals surface area contributed by atoms with Gasteiger partial charge >= 0.3 is 0 Å². The van der Waals surface area contributed by atoms with E-state index in [1.807, 2.05) is 47.6 Å². The molecule has 0 aliphatic carbocycles. The van der Waals surface area contributed by atoms with E-state index >= 15 is 0 Å². The van der Waals surface area contributed by atoms with E-state index < -0.39 is 0 Å². The summed E-state index contributed by atoms with van der Waals surface area (Å²) < 4.78 is 7.56. The van der Waals surface area contributed by atoms with Crippen molar-refractivity contribution in [1.29, 1.82) is 0 Å². The van der Waals surface area contributed by atoms with Gasteiger partial charge in [-0.15, -0.1) is 11.3 Å². The first-order valence-electron chi connectivity index (χ1n) is 10.8. The maximum absolute atomic E-state index is 13.1. The van der Waals surface area contributed by atoms with Crippen LogP contribution in [0.1, 0.15) is 27.3 Å². The van der Waals surface area contributed by atoms with Gasteiger partial charge in [-0.25, -0.2) is 0 Å². The van der Waals surface area contributed by atoms with Gasteiger partial charge < -0.3 is 10.1 Å². The van der Waals surface area contributed by atoms with Gasteiger partial charge in [-0.05, 0) is 30.7 Å². The first-order valence-corrected chi connectivity index (χ1v) is 12.8. The van der Waals surface area contributed by atoms with E-state index in [-0.39, 0.29) is 11.4 Å². The van der Waals surface area contributed by atoms with Crippen molar-refractivity contribution in [1.82, 2.24) is 20.0 Å². The molecule has 0 spiro atoms. The molecule has 1 unspecified atom stereocenters. The monoisotopic (exact) mass is 456 g/mol. The Balaban J connectivity index is 1.32. The molecule has 2 aliphatic rings. The highest BCUT2D eigenvalue weighted by atomic mass is 32.2. The SMILES string of the molecule is Cc1nn(Cc2ccccc2)c2sc(C(=O)NCC3(N4CCOCC4)CCSC3)cc12. The second-order valence-corrected chi connectivity index (χ2v) is 10.5. The van der Waals surface area contributed by atoms with Crippen molar-refractivity contribution in [3.63, 3.8) is 0 Å². The molecule has 0 radical (unpaired) electrons. The van der Waals surface area contributed by atoms with Crippen molar-refractivity contribution in [3.05, 3.63) is 52.5 Å². The Morgan fingerprint density at radius 2 is 2.06 bits per heavy atom.